The summed E-state index contributed by atoms with van der Waals surface area (Å²) in [6.45, 7) is 0.359. The van der Waals surface area contributed by atoms with E-state index in [1.807, 2.05) is 24.3 Å². The van der Waals surface area contributed by atoms with Crippen molar-refractivity contribution in [3.8, 4) is 11.1 Å². The van der Waals surface area contributed by atoms with Crippen molar-refractivity contribution < 1.29 is 24.2 Å². The Labute approximate surface area is 186 Å². The predicted molar refractivity (Wildman–Crippen MR) is 119 cm³/mol. The molecule has 2 aliphatic carbocycles. The second kappa shape index (κ2) is 9.26. The zero-order valence-corrected chi connectivity index (χ0v) is 17.7. The van der Waals surface area contributed by atoms with Gasteiger partial charge in [-0.25, -0.2) is 4.79 Å². The summed E-state index contributed by atoms with van der Waals surface area (Å²) in [6.07, 6.45) is 4.42. The lowest BCUT2D eigenvalue weighted by Crippen LogP contribution is -2.54. The third-order valence-corrected chi connectivity index (χ3v) is 6.17. The van der Waals surface area contributed by atoms with Crippen molar-refractivity contribution in [1.82, 2.24) is 10.6 Å². The Kier molecular flexibility index (Phi) is 6.25. The molecule has 2 aromatic carbocycles. The number of aliphatic carboxylic acids is 1. The molecule has 1 saturated carbocycles. The van der Waals surface area contributed by atoms with E-state index >= 15 is 0 Å². The molecule has 0 radical (unpaired) electrons. The first-order valence-electron chi connectivity index (χ1n) is 10.8. The Balaban J connectivity index is 1.25. The van der Waals surface area contributed by atoms with E-state index < -0.39 is 17.6 Å². The molecule has 1 fully saturated rings. The van der Waals surface area contributed by atoms with Gasteiger partial charge >= 0.3 is 12.1 Å². The smallest absolute Gasteiger partial charge is 0.407 e. The van der Waals surface area contributed by atoms with Crippen LogP contribution in [0.1, 0.15) is 42.7 Å². The molecule has 0 heterocycles. The first-order chi connectivity index (χ1) is 15.5. The zero-order valence-electron chi connectivity index (χ0n) is 17.7. The van der Waals surface area contributed by atoms with Gasteiger partial charge in [0.2, 0.25) is 5.91 Å². The molecule has 0 atom stereocenters. The maximum Gasteiger partial charge on any atom is 0.407 e. The molecule has 0 unspecified atom stereocenters. The van der Waals surface area contributed by atoms with Gasteiger partial charge in [0.15, 0.2) is 0 Å². The number of hydrogen-bond donors (Lipinski definition) is 3. The fraction of sp³-hybridized carbons (Fsp3) is 0.320. The van der Waals surface area contributed by atoms with Gasteiger partial charge in [-0.15, -0.1) is 0 Å². The number of benzene rings is 2. The van der Waals surface area contributed by atoms with E-state index in [0.717, 1.165) is 28.7 Å². The molecule has 7 heteroatoms. The minimum Gasteiger partial charge on any atom is -0.481 e. The van der Waals surface area contributed by atoms with E-state index in [9.17, 15) is 14.4 Å². The normalized spacial score (nSPS) is 16.0. The largest absolute Gasteiger partial charge is 0.481 e. The van der Waals surface area contributed by atoms with Crippen molar-refractivity contribution in [2.24, 2.45) is 0 Å². The maximum absolute atomic E-state index is 12.1. The SMILES string of the molecule is O=C(O)CC1(NC(=O)/C=C/CNC(=O)OCC2c3ccccc3-c3ccccc32)CCC1. The zero-order chi connectivity index (χ0) is 22.6. The predicted octanol–water partition coefficient (Wildman–Crippen LogP) is 3.59. The molecule has 0 bridgehead atoms. The third-order valence-electron chi connectivity index (χ3n) is 6.17. The number of carboxylic acid groups (broad SMARTS) is 1. The highest BCUT2D eigenvalue weighted by molar-refractivity contribution is 5.89. The van der Waals surface area contributed by atoms with E-state index in [2.05, 4.69) is 34.9 Å². The average molecular weight is 434 g/mol. The van der Waals surface area contributed by atoms with Crippen LogP contribution >= 0.6 is 0 Å². The highest BCUT2D eigenvalue weighted by atomic mass is 16.5. The van der Waals surface area contributed by atoms with Crippen LogP contribution in [0.15, 0.2) is 60.7 Å². The number of carbonyl (C=O) groups excluding carboxylic acids is 2. The number of amides is 2. The minimum absolute atomic E-state index is 0.0117. The number of ether oxygens (including phenoxy) is 1. The van der Waals surface area contributed by atoms with Gasteiger partial charge in [0.25, 0.3) is 0 Å². The van der Waals surface area contributed by atoms with E-state index in [1.54, 1.807) is 0 Å². The summed E-state index contributed by atoms with van der Waals surface area (Å²) in [5.41, 5.74) is 3.97. The van der Waals surface area contributed by atoms with Crippen LogP contribution in [0.4, 0.5) is 4.79 Å². The molecular formula is C25H26N2O5. The number of carbonyl (C=O) groups is 3. The van der Waals surface area contributed by atoms with Crippen LogP contribution in [0, 0.1) is 0 Å². The van der Waals surface area contributed by atoms with Crippen molar-refractivity contribution in [1.29, 1.82) is 0 Å². The monoisotopic (exact) mass is 434 g/mol. The van der Waals surface area contributed by atoms with E-state index in [-0.39, 0.29) is 31.4 Å². The first-order valence-corrected chi connectivity index (χ1v) is 10.8. The summed E-state index contributed by atoms with van der Waals surface area (Å²) >= 11 is 0. The molecule has 2 aromatic rings. The Morgan fingerprint density at radius 1 is 1.03 bits per heavy atom. The highest BCUT2D eigenvalue weighted by Gasteiger charge is 2.39. The summed E-state index contributed by atoms with van der Waals surface area (Å²) in [7, 11) is 0. The number of nitrogens with one attached hydrogen (secondary N) is 2. The van der Waals surface area contributed by atoms with Gasteiger partial charge in [-0.1, -0.05) is 54.6 Å². The lowest BCUT2D eigenvalue weighted by Gasteiger charge is -2.41. The second-order valence-corrected chi connectivity index (χ2v) is 8.30. The van der Waals surface area contributed by atoms with Gasteiger partial charge in [0.1, 0.15) is 6.61 Å². The van der Waals surface area contributed by atoms with Crippen LogP contribution < -0.4 is 10.6 Å². The fourth-order valence-electron chi connectivity index (χ4n) is 4.50. The molecule has 4 rings (SSSR count). The molecule has 3 N–H and O–H groups in total. The highest BCUT2D eigenvalue weighted by Crippen LogP contribution is 2.44. The summed E-state index contributed by atoms with van der Waals surface area (Å²) in [6, 6.07) is 16.2. The molecule has 0 saturated heterocycles. The number of rotatable bonds is 8. The van der Waals surface area contributed by atoms with Crippen molar-refractivity contribution in [3.63, 3.8) is 0 Å². The van der Waals surface area contributed by atoms with Gasteiger partial charge in [-0.05, 0) is 41.5 Å². The molecular weight excluding hydrogens is 408 g/mol. The topological polar surface area (TPSA) is 105 Å². The van der Waals surface area contributed by atoms with Crippen molar-refractivity contribution in [3.05, 3.63) is 71.8 Å². The van der Waals surface area contributed by atoms with Crippen LogP contribution in [-0.4, -0.2) is 41.8 Å². The summed E-state index contributed by atoms with van der Waals surface area (Å²) < 4.78 is 5.45. The molecule has 166 valence electrons. The number of carboxylic acids is 1. The maximum atomic E-state index is 12.1. The van der Waals surface area contributed by atoms with E-state index in [1.165, 1.54) is 12.2 Å². The number of alkyl carbamates (subject to hydrolysis) is 1. The van der Waals surface area contributed by atoms with Crippen LogP contribution in [0.25, 0.3) is 11.1 Å². The molecule has 7 nitrogen and oxygen atoms in total. The lowest BCUT2D eigenvalue weighted by atomic mass is 9.74. The molecule has 2 aliphatic rings. The van der Waals surface area contributed by atoms with Crippen LogP contribution in [0.2, 0.25) is 0 Å². The van der Waals surface area contributed by atoms with Crippen molar-refractivity contribution >= 4 is 18.0 Å². The quantitative estimate of drug-likeness (QED) is 0.551. The van der Waals surface area contributed by atoms with Gasteiger partial charge in [-0.3, -0.25) is 9.59 Å². The Bertz CT molecular complexity index is 1010. The fourth-order valence-corrected chi connectivity index (χ4v) is 4.50. The summed E-state index contributed by atoms with van der Waals surface area (Å²) in [5, 5.41) is 14.4. The summed E-state index contributed by atoms with van der Waals surface area (Å²) in [4.78, 5) is 35.2. The molecule has 2 amide bonds. The van der Waals surface area contributed by atoms with Crippen molar-refractivity contribution in [2.75, 3.05) is 13.2 Å². The van der Waals surface area contributed by atoms with Crippen molar-refractivity contribution in [2.45, 2.75) is 37.1 Å². The van der Waals surface area contributed by atoms with E-state index in [0.29, 0.717) is 12.8 Å². The van der Waals surface area contributed by atoms with Crippen LogP contribution in [0.5, 0.6) is 0 Å². The summed E-state index contributed by atoms with van der Waals surface area (Å²) in [5.74, 6) is -1.30. The van der Waals surface area contributed by atoms with Gasteiger partial charge < -0.3 is 20.5 Å². The van der Waals surface area contributed by atoms with Crippen LogP contribution in [0.3, 0.4) is 0 Å². The number of fused-ring (bicyclic) bond motifs is 3. The molecule has 32 heavy (non-hydrogen) atoms. The molecule has 0 spiro atoms. The lowest BCUT2D eigenvalue weighted by molar-refractivity contribution is -0.140. The second-order valence-electron chi connectivity index (χ2n) is 8.30. The Morgan fingerprint density at radius 2 is 1.66 bits per heavy atom. The standard InChI is InChI=1S/C25H26N2O5/c28-22(27-25(12-6-13-25)15-23(29)30)11-5-14-26-24(31)32-16-21-19-9-3-1-7-17(19)18-8-2-4-10-20(18)21/h1-5,7-11,21H,6,12-16H2,(H,26,31)(H,27,28)(H,29,30)/b11-5+. The average Bonchev–Trinajstić information content (AvgIpc) is 3.07. The molecule has 0 aromatic heterocycles. The Hall–Kier alpha value is -3.61. The van der Waals surface area contributed by atoms with Crippen LogP contribution in [-0.2, 0) is 14.3 Å². The van der Waals surface area contributed by atoms with Gasteiger partial charge in [0, 0.05) is 18.5 Å². The van der Waals surface area contributed by atoms with Gasteiger partial charge in [0.05, 0.1) is 12.0 Å². The third kappa shape index (κ3) is 4.66. The molecule has 0 aliphatic heterocycles. The number of hydrogen-bond acceptors (Lipinski definition) is 4. The van der Waals surface area contributed by atoms with E-state index in [4.69, 9.17) is 9.84 Å². The minimum atomic E-state index is -0.925. The van der Waals surface area contributed by atoms with Gasteiger partial charge in [-0.2, -0.15) is 0 Å². The Morgan fingerprint density at radius 3 is 2.22 bits per heavy atom. The first kappa shape index (κ1) is 21.6.